The van der Waals surface area contributed by atoms with E-state index in [0.717, 1.165) is 5.56 Å². The lowest BCUT2D eigenvalue weighted by molar-refractivity contribution is -0.155. The summed E-state index contributed by atoms with van der Waals surface area (Å²) < 4.78 is 10.6. The van der Waals surface area contributed by atoms with Gasteiger partial charge < -0.3 is 20.5 Å². The van der Waals surface area contributed by atoms with Crippen LogP contribution in [-0.4, -0.2) is 29.3 Å². The van der Waals surface area contributed by atoms with E-state index in [9.17, 15) is 9.59 Å². The van der Waals surface area contributed by atoms with Crippen molar-refractivity contribution in [3.63, 3.8) is 0 Å². The van der Waals surface area contributed by atoms with Gasteiger partial charge in [0.05, 0.1) is 6.42 Å². The van der Waals surface area contributed by atoms with Crippen molar-refractivity contribution in [2.45, 2.75) is 71.6 Å². The number of hydrogen-bond donors (Lipinski definition) is 2. The second-order valence-electron chi connectivity index (χ2n) is 8.04. The fraction of sp³-hybridized carbons (Fsp3) is 0.579. The van der Waals surface area contributed by atoms with Crippen molar-refractivity contribution < 1.29 is 19.1 Å². The number of carbonyl (C=O) groups is 2. The monoisotopic (exact) mass is 350 g/mol. The highest BCUT2D eigenvalue weighted by atomic mass is 16.6. The van der Waals surface area contributed by atoms with Crippen LogP contribution in [0.1, 0.15) is 53.5 Å². The van der Waals surface area contributed by atoms with Crippen molar-refractivity contribution in [1.29, 1.82) is 0 Å². The lowest BCUT2D eigenvalue weighted by atomic mass is 10.0. The first-order valence-electron chi connectivity index (χ1n) is 8.40. The molecule has 0 aromatic heterocycles. The van der Waals surface area contributed by atoms with Crippen LogP contribution in [0, 0.1) is 0 Å². The maximum Gasteiger partial charge on any atom is 0.407 e. The first-order valence-corrected chi connectivity index (χ1v) is 8.40. The van der Waals surface area contributed by atoms with E-state index >= 15 is 0 Å². The molecule has 1 amide bonds. The van der Waals surface area contributed by atoms with Crippen molar-refractivity contribution in [2.24, 2.45) is 0 Å². The molecular formula is C19H30N2O4. The van der Waals surface area contributed by atoms with Gasteiger partial charge in [-0.15, -0.1) is 0 Å². The van der Waals surface area contributed by atoms with Gasteiger partial charge in [-0.1, -0.05) is 18.2 Å². The summed E-state index contributed by atoms with van der Waals surface area (Å²) in [6.45, 7) is 10.8. The fourth-order valence-corrected chi connectivity index (χ4v) is 2.22. The number of nitrogens with one attached hydrogen (secondary N) is 1. The van der Waals surface area contributed by atoms with Crippen molar-refractivity contribution >= 4 is 17.7 Å². The third-order valence-corrected chi connectivity index (χ3v) is 3.08. The third kappa shape index (κ3) is 8.98. The van der Waals surface area contributed by atoms with Crippen LogP contribution < -0.4 is 11.1 Å². The van der Waals surface area contributed by atoms with E-state index in [4.69, 9.17) is 15.2 Å². The average Bonchev–Trinajstić information content (AvgIpc) is 2.36. The number of hydrogen-bond acceptors (Lipinski definition) is 5. The van der Waals surface area contributed by atoms with E-state index in [1.807, 2.05) is 18.2 Å². The van der Waals surface area contributed by atoms with Crippen LogP contribution in [0.2, 0.25) is 0 Å². The number of carbonyl (C=O) groups excluding carboxylic acids is 2. The molecule has 0 fully saturated rings. The first kappa shape index (κ1) is 20.8. The molecule has 0 bridgehead atoms. The van der Waals surface area contributed by atoms with Gasteiger partial charge in [-0.2, -0.15) is 0 Å². The van der Waals surface area contributed by atoms with Gasteiger partial charge in [0.25, 0.3) is 0 Å². The summed E-state index contributed by atoms with van der Waals surface area (Å²) in [5.41, 5.74) is 6.24. The molecule has 0 saturated heterocycles. The summed E-state index contributed by atoms with van der Waals surface area (Å²) in [6, 6.07) is 6.88. The first-order chi connectivity index (χ1) is 11.4. The molecule has 25 heavy (non-hydrogen) atoms. The second kappa shape index (κ2) is 8.23. The Morgan fingerprint density at radius 2 is 1.60 bits per heavy atom. The van der Waals surface area contributed by atoms with Gasteiger partial charge in [0.1, 0.15) is 11.2 Å². The lowest BCUT2D eigenvalue weighted by Crippen LogP contribution is -2.42. The van der Waals surface area contributed by atoms with E-state index in [-0.39, 0.29) is 12.4 Å². The predicted octanol–water partition coefficient (Wildman–Crippen LogP) is 3.44. The smallest absolute Gasteiger partial charge is 0.407 e. The van der Waals surface area contributed by atoms with Crippen LogP contribution in [0.3, 0.4) is 0 Å². The summed E-state index contributed by atoms with van der Waals surface area (Å²) in [5.74, 6) is -0.386. The number of rotatable bonds is 5. The quantitative estimate of drug-likeness (QED) is 0.627. The molecule has 0 saturated carbocycles. The number of amides is 1. The van der Waals surface area contributed by atoms with Crippen molar-refractivity contribution in [3.8, 4) is 0 Å². The molecule has 0 aliphatic carbocycles. The Bertz CT molecular complexity index is 570. The van der Waals surface area contributed by atoms with Crippen LogP contribution in [0.4, 0.5) is 10.5 Å². The number of benzene rings is 1. The zero-order chi connectivity index (χ0) is 19.3. The van der Waals surface area contributed by atoms with Crippen LogP contribution in [0.5, 0.6) is 0 Å². The van der Waals surface area contributed by atoms with E-state index in [2.05, 4.69) is 5.32 Å². The van der Waals surface area contributed by atoms with Crippen molar-refractivity contribution in [3.05, 3.63) is 29.8 Å². The molecule has 0 heterocycles. The SMILES string of the molecule is CC(C)(C)OC(=O)C[C@H](Cc1ccccc1N)NC(=O)OC(C)(C)C. The van der Waals surface area contributed by atoms with Crippen LogP contribution in [0.25, 0.3) is 0 Å². The summed E-state index contributed by atoms with van der Waals surface area (Å²) in [7, 11) is 0. The highest BCUT2D eigenvalue weighted by molar-refractivity contribution is 5.73. The summed E-state index contributed by atoms with van der Waals surface area (Å²) in [6.07, 6.45) is -0.133. The third-order valence-electron chi connectivity index (χ3n) is 3.08. The van der Waals surface area contributed by atoms with Gasteiger partial charge in [0.15, 0.2) is 0 Å². The molecule has 6 heteroatoms. The predicted molar refractivity (Wildman–Crippen MR) is 98.2 cm³/mol. The molecule has 0 spiro atoms. The van der Waals surface area contributed by atoms with Crippen LogP contribution in [-0.2, 0) is 20.7 Å². The largest absolute Gasteiger partial charge is 0.460 e. The number of anilines is 1. The number of nitrogen functional groups attached to an aromatic ring is 1. The van der Waals surface area contributed by atoms with E-state index in [0.29, 0.717) is 12.1 Å². The Labute approximate surface area is 150 Å². The molecule has 3 N–H and O–H groups in total. The molecule has 0 radical (unpaired) electrons. The topological polar surface area (TPSA) is 90.6 Å². The number of ether oxygens (including phenoxy) is 2. The van der Waals surface area contributed by atoms with E-state index < -0.39 is 23.3 Å². The Morgan fingerprint density at radius 3 is 2.12 bits per heavy atom. The number of para-hydroxylation sites is 1. The van der Waals surface area contributed by atoms with Crippen LogP contribution in [0.15, 0.2) is 24.3 Å². The Hall–Kier alpha value is -2.24. The van der Waals surface area contributed by atoms with Crippen molar-refractivity contribution in [2.75, 3.05) is 5.73 Å². The van der Waals surface area contributed by atoms with Gasteiger partial charge in [0.2, 0.25) is 0 Å². The lowest BCUT2D eigenvalue weighted by Gasteiger charge is -2.25. The van der Waals surface area contributed by atoms with Crippen LogP contribution >= 0.6 is 0 Å². The highest BCUT2D eigenvalue weighted by Crippen LogP contribution is 2.17. The maximum absolute atomic E-state index is 12.2. The molecule has 0 aliphatic rings. The molecule has 140 valence electrons. The Morgan fingerprint density at radius 1 is 1.04 bits per heavy atom. The van der Waals surface area contributed by atoms with Gasteiger partial charge in [-0.3, -0.25) is 4.79 Å². The normalized spacial score (nSPS) is 13.0. The zero-order valence-corrected chi connectivity index (χ0v) is 16.0. The van der Waals surface area contributed by atoms with Gasteiger partial charge >= 0.3 is 12.1 Å². The van der Waals surface area contributed by atoms with E-state index in [1.54, 1.807) is 47.6 Å². The number of esters is 1. The second-order valence-corrected chi connectivity index (χ2v) is 8.04. The highest BCUT2D eigenvalue weighted by Gasteiger charge is 2.25. The van der Waals surface area contributed by atoms with Crippen molar-refractivity contribution in [1.82, 2.24) is 5.32 Å². The molecule has 1 rings (SSSR count). The molecular weight excluding hydrogens is 320 g/mol. The Kier molecular flexibility index (Phi) is 6.85. The minimum atomic E-state index is -0.619. The molecule has 1 atom stereocenters. The molecule has 1 aromatic carbocycles. The summed E-state index contributed by atoms with van der Waals surface area (Å²) in [5, 5.41) is 2.75. The summed E-state index contributed by atoms with van der Waals surface area (Å²) in [4.78, 5) is 24.3. The zero-order valence-electron chi connectivity index (χ0n) is 16.0. The van der Waals surface area contributed by atoms with Gasteiger partial charge in [-0.25, -0.2) is 4.79 Å². The van der Waals surface area contributed by atoms with Gasteiger partial charge in [0, 0.05) is 11.7 Å². The van der Waals surface area contributed by atoms with E-state index in [1.165, 1.54) is 0 Å². The molecule has 1 aromatic rings. The standard InChI is InChI=1S/C19H30N2O4/c1-18(2,3)24-16(22)12-14(21-17(23)25-19(4,5)6)11-13-9-7-8-10-15(13)20/h7-10,14H,11-12,20H2,1-6H3,(H,21,23)/t14-/m0/s1. The molecule has 0 aliphatic heterocycles. The minimum absolute atomic E-state index is 0.0326. The number of alkyl carbamates (subject to hydrolysis) is 1. The van der Waals surface area contributed by atoms with Gasteiger partial charge in [-0.05, 0) is 59.6 Å². The minimum Gasteiger partial charge on any atom is -0.460 e. The maximum atomic E-state index is 12.2. The number of nitrogens with two attached hydrogens (primary N) is 1. The molecule has 0 unspecified atom stereocenters. The average molecular weight is 350 g/mol. The fourth-order valence-electron chi connectivity index (χ4n) is 2.22. The molecule has 6 nitrogen and oxygen atoms in total. The Balaban J connectivity index is 2.84. The summed E-state index contributed by atoms with van der Waals surface area (Å²) >= 11 is 0.